The molecule has 1 fully saturated rings. The fraction of sp³-hybridized carbons (Fsp3) is 0.556. The van der Waals surface area contributed by atoms with Gasteiger partial charge in [-0.1, -0.05) is 5.16 Å². The van der Waals surface area contributed by atoms with Gasteiger partial charge in [0.05, 0.1) is 25.1 Å². The maximum absolute atomic E-state index is 12.2. The van der Waals surface area contributed by atoms with E-state index in [1.807, 2.05) is 6.20 Å². The Morgan fingerprint density at radius 2 is 2.38 bits per heavy atom. The number of aryl methyl sites for hydroxylation is 1. The van der Waals surface area contributed by atoms with Crippen LogP contribution < -0.4 is 10.2 Å². The van der Waals surface area contributed by atoms with Crippen molar-refractivity contribution in [3.8, 4) is 0 Å². The first-order valence-corrected chi connectivity index (χ1v) is 9.14. The van der Waals surface area contributed by atoms with Crippen LogP contribution in [0.15, 0.2) is 23.0 Å². The number of rotatable bonds is 5. The maximum atomic E-state index is 12.2. The quantitative estimate of drug-likeness (QED) is 0.861. The molecule has 1 atom stereocenters. The van der Waals surface area contributed by atoms with E-state index in [2.05, 4.69) is 20.4 Å². The van der Waals surface area contributed by atoms with Gasteiger partial charge in [-0.3, -0.25) is 4.79 Å². The van der Waals surface area contributed by atoms with E-state index in [9.17, 15) is 4.79 Å². The van der Waals surface area contributed by atoms with Crippen molar-refractivity contribution in [1.82, 2.24) is 20.4 Å². The smallest absolute Gasteiger partial charge is 0.225 e. The highest BCUT2D eigenvalue weighted by Crippen LogP contribution is 2.20. The van der Waals surface area contributed by atoms with E-state index in [1.165, 1.54) is 0 Å². The molecule has 8 nitrogen and oxygen atoms in total. The summed E-state index contributed by atoms with van der Waals surface area (Å²) in [5, 5.41) is 6.78. The SMILES string of the molecule is O=C(CCc1ccno1)N[C@@H]1CCCN(c2ncc3c(n2)CCOC3)C1. The maximum Gasteiger partial charge on any atom is 0.225 e. The summed E-state index contributed by atoms with van der Waals surface area (Å²) in [7, 11) is 0. The van der Waals surface area contributed by atoms with E-state index in [1.54, 1.807) is 12.3 Å². The second-order valence-electron chi connectivity index (χ2n) is 6.78. The number of hydrogen-bond acceptors (Lipinski definition) is 7. The molecule has 8 heteroatoms. The van der Waals surface area contributed by atoms with Crippen LogP contribution in [0.3, 0.4) is 0 Å². The molecule has 1 saturated heterocycles. The minimum atomic E-state index is 0.0387. The fourth-order valence-electron chi connectivity index (χ4n) is 3.46. The summed E-state index contributed by atoms with van der Waals surface area (Å²) in [6.07, 6.45) is 7.26. The van der Waals surface area contributed by atoms with Crippen molar-refractivity contribution in [3.63, 3.8) is 0 Å². The van der Waals surface area contributed by atoms with Crippen LogP contribution in [0.2, 0.25) is 0 Å². The van der Waals surface area contributed by atoms with Crippen molar-refractivity contribution in [2.75, 3.05) is 24.6 Å². The first-order valence-electron chi connectivity index (χ1n) is 9.14. The number of nitrogens with zero attached hydrogens (tertiary/aromatic N) is 4. The van der Waals surface area contributed by atoms with E-state index >= 15 is 0 Å². The Morgan fingerprint density at radius 1 is 1.42 bits per heavy atom. The normalized spacial score (nSPS) is 19.8. The van der Waals surface area contributed by atoms with Crippen LogP contribution in [0.4, 0.5) is 5.95 Å². The third-order valence-electron chi connectivity index (χ3n) is 4.84. The van der Waals surface area contributed by atoms with Gasteiger partial charge < -0.3 is 19.5 Å². The van der Waals surface area contributed by atoms with Gasteiger partial charge in [0.2, 0.25) is 11.9 Å². The highest BCUT2D eigenvalue weighted by atomic mass is 16.5. The van der Waals surface area contributed by atoms with Crippen molar-refractivity contribution >= 4 is 11.9 Å². The van der Waals surface area contributed by atoms with Gasteiger partial charge in [0.25, 0.3) is 0 Å². The molecule has 1 amide bonds. The van der Waals surface area contributed by atoms with Crippen molar-refractivity contribution < 1.29 is 14.1 Å². The van der Waals surface area contributed by atoms with Crippen LogP contribution in [0.25, 0.3) is 0 Å². The summed E-state index contributed by atoms with van der Waals surface area (Å²) >= 11 is 0. The highest BCUT2D eigenvalue weighted by Gasteiger charge is 2.24. The lowest BCUT2D eigenvalue weighted by Crippen LogP contribution is -2.48. The molecule has 4 heterocycles. The Kier molecular flexibility index (Phi) is 5.10. The first kappa shape index (κ1) is 17.0. The van der Waals surface area contributed by atoms with Crippen molar-refractivity contribution in [3.05, 3.63) is 35.5 Å². The molecule has 1 N–H and O–H groups in total. The third kappa shape index (κ3) is 4.01. The van der Waals surface area contributed by atoms with Gasteiger partial charge in [-0.15, -0.1) is 0 Å². The number of nitrogens with one attached hydrogen (secondary N) is 1. The van der Waals surface area contributed by atoms with Crippen LogP contribution in [-0.2, 0) is 29.0 Å². The monoisotopic (exact) mass is 357 g/mol. The van der Waals surface area contributed by atoms with Crippen LogP contribution in [0.5, 0.6) is 0 Å². The van der Waals surface area contributed by atoms with Gasteiger partial charge in [-0.25, -0.2) is 9.97 Å². The molecule has 0 aliphatic carbocycles. The second kappa shape index (κ2) is 7.82. The number of aromatic nitrogens is 3. The Morgan fingerprint density at radius 3 is 3.27 bits per heavy atom. The number of anilines is 1. The van der Waals surface area contributed by atoms with Gasteiger partial charge in [-0.2, -0.15) is 0 Å². The highest BCUT2D eigenvalue weighted by molar-refractivity contribution is 5.76. The largest absolute Gasteiger partial charge is 0.376 e. The standard InChI is InChI=1S/C18H23N5O3/c24-17(4-3-15-5-7-20-26-15)21-14-2-1-8-23(11-14)18-19-10-13-12-25-9-6-16(13)22-18/h5,7,10,14H,1-4,6,8-9,11-12H2,(H,21,24)/t14-/m1/s1. The molecule has 2 aliphatic rings. The van der Waals surface area contributed by atoms with E-state index in [-0.39, 0.29) is 11.9 Å². The molecular weight excluding hydrogens is 334 g/mol. The van der Waals surface area contributed by atoms with Crippen molar-refractivity contribution in [2.24, 2.45) is 0 Å². The lowest BCUT2D eigenvalue weighted by Gasteiger charge is -2.33. The molecule has 0 spiro atoms. The van der Waals surface area contributed by atoms with Gasteiger partial charge in [0, 0.05) is 56.2 Å². The van der Waals surface area contributed by atoms with Gasteiger partial charge >= 0.3 is 0 Å². The van der Waals surface area contributed by atoms with Crippen LogP contribution in [0.1, 0.15) is 36.3 Å². The molecule has 26 heavy (non-hydrogen) atoms. The predicted octanol–water partition coefficient (Wildman–Crippen LogP) is 1.26. The number of amides is 1. The third-order valence-corrected chi connectivity index (χ3v) is 4.84. The first-order chi connectivity index (χ1) is 12.8. The number of fused-ring (bicyclic) bond motifs is 1. The average Bonchev–Trinajstić information content (AvgIpc) is 3.20. The Hall–Kier alpha value is -2.48. The molecule has 2 aromatic rings. The van der Waals surface area contributed by atoms with Gasteiger partial charge in [0.1, 0.15) is 5.76 Å². The van der Waals surface area contributed by atoms with E-state index in [0.29, 0.717) is 26.1 Å². The van der Waals surface area contributed by atoms with Gasteiger partial charge in [0.15, 0.2) is 0 Å². The number of hydrogen-bond donors (Lipinski definition) is 1. The summed E-state index contributed by atoms with van der Waals surface area (Å²) in [6, 6.07) is 1.91. The molecule has 0 radical (unpaired) electrons. The summed E-state index contributed by atoms with van der Waals surface area (Å²) in [5.41, 5.74) is 2.16. The zero-order chi connectivity index (χ0) is 17.8. The lowest BCUT2D eigenvalue weighted by molar-refractivity contribution is -0.121. The van der Waals surface area contributed by atoms with Crippen molar-refractivity contribution in [2.45, 2.75) is 44.8 Å². The minimum Gasteiger partial charge on any atom is -0.376 e. The number of piperidine rings is 1. The summed E-state index contributed by atoms with van der Waals surface area (Å²) in [4.78, 5) is 23.6. The lowest BCUT2D eigenvalue weighted by atomic mass is 10.1. The summed E-state index contributed by atoms with van der Waals surface area (Å²) < 4.78 is 10.5. The Bertz CT molecular complexity index is 749. The molecule has 2 aromatic heterocycles. The topological polar surface area (TPSA) is 93.4 Å². The summed E-state index contributed by atoms with van der Waals surface area (Å²) in [5.74, 6) is 1.53. The number of ether oxygens (including phenoxy) is 1. The molecular formula is C18H23N5O3. The van der Waals surface area contributed by atoms with E-state index in [4.69, 9.17) is 14.2 Å². The Labute approximate surface area is 151 Å². The van der Waals surface area contributed by atoms with Crippen LogP contribution in [-0.4, -0.2) is 46.8 Å². The molecule has 4 rings (SSSR count). The molecule has 0 unspecified atom stereocenters. The molecule has 2 aliphatic heterocycles. The molecule has 138 valence electrons. The van der Waals surface area contributed by atoms with Gasteiger partial charge in [-0.05, 0) is 12.8 Å². The van der Waals surface area contributed by atoms with E-state index < -0.39 is 0 Å². The van der Waals surface area contributed by atoms with Crippen molar-refractivity contribution in [1.29, 1.82) is 0 Å². The molecule has 0 bridgehead atoms. The van der Waals surface area contributed by atoms with Crippen LogP contribution in [0, 0.1) is 0 Å². The number of carbonyl (C=O) groups is 1. The molecule has 0 aromatic carbocycles. The predicted molar refractivity (Wildman–Crippen MR) is 93.6 cm³/mol. The zero-order valence-electron chi connectivity index (χ0n) is 14.7. The van der Waals surface area contributed by atoms with E-state index in [0.717, 1.165) is 55.3 Å². The second-order valence-corrected chi connectivity index (χ2v) is 6.78. The average molecular weight is 357 g/mol. The molecule has 0 saturated carbocycles. The Balaban J connectivity index is 1.33. The minimum absolute atomic E-state index is 0.0387. The fourth-order valence-corrected chi connectivity index (χ4v) is 3.46. The zero-order valence-corrected chi connectivity index (χ0v) is 14.7. The number of carbonyl (C=O) groups excluding carboxylic acids is 1. The summed E-state index contributed by atoms with van der Waals surface area (Å²) in [6.45, 7) is 2.97. The van der Waals surface area contributed by atoms with Crippen LogP contribution >= 0.6 is 0 Å².